The third kappa shape index (κ3) is 10.7. The Morgan fingerprint density at radius 3 is 2.04 bits per heavy atom. The van der Waals surface area contributed by atoms with Gasteiger partial charge in [-0.3, -0.25) is 0 Å². The van der Waals surface area contributed by atoms with Gasteiger partial charge in [0.2, 0.25) is 0 Å². The van der Waals surface area contributed by atoms with Crippen LogP contribution in [0.25, 0.3) is 0 Å². The molecule has 0 heterocycles. The highest BCUT2D eigenvalue weighted by molar-refractivity contribution is 9.10. The lowest BCUT2D eigenvalue weighted by molar-refractivity contribution is 0.135. The lowest BCUT2D eigenvalue weighted by Gasteiger charge is -2.35. The van der Waals surface area contributed by atoms with Crippen molar-refractivity contribution >= 4 is 24.2 Å². The molecule has 1 unspecified atom stereocenters. The third-order valence-corrected chi connectivity index (χ3v) is 10.3. The molecule has 1 N–H and O–H groups in total. The Morgan fingerprint density at radius 1 is 1.04 bits per heavy atom. The molecule has 0 aromatic heterocycles. The van der Waals surface area contributed by atoms with Crippen LogP contribution >= 0.6 is 15.9 Å². The Bertz CT molecular complexity index is 453. The topological polar surface area (TPSA) is 29.5 Å². The van der Waals surface area contributed by atoms with Gasteiger partial charge in [-0.2, -0.15) is 0 Å². The number of hydrogen-bond acceptors (Lipinski definition) is 2. The Labute approximate surface area is 166 Å². The van der Waals surface area contributed by atoms with E-state index in [0.29, 0.717) is 0 Å². The first kappa shape index (κ1) is 25.1. The van der Waals surface area contributed by atoms with Gasteiger partial charge in [-0.25, -0.2) is 0 Å². The number of hydrogen-bond donors (Lipinski definition) is 1. The van der Waals surface area contributed by atoms with E-state index in [0.717, 1.165) is 32.3 Å². The maximum absolute atomic E-state index is 10.1. The Morgan fingerprint density at radius 2 is 1.56 bits per heavy atom. The Balaban J connectivity index is 4.22. The summed E-state index contributed by atoms with van der Waals surface area (Å²) in [6, 6.07) is 0. The number of rotatable bonds is 10. The van der Waals surface area contributed by atoms with Crippen molar-refractivity contribution in [3.05, 3.63) is 23.3 Å². The highest BCUT2D eigenvalue weighted by Gasteiger charge is 2.36. The number of alkyl halides is 1. The number of aliphatic hydroxyl groups is 1. The van der Waals surface area contributed by atoms with E-state index in [-0.39, 0.29) is 15.5 Å². The summed E-state index contributed by atoms with van der Waals surface area (Å²) >= 11 is 3.53. The molecule has 0 amide bonds. The van der Waals surface area contributed by atoms with E-state index in [1.165, 1.54) is 11.1 Å². The van der Waals surface area contributed by atoms with Crippen LogP contribution in [0.2, 0.25) is 18.1 Å². The van der Waals surface area contributed by atoms with Gasteiger partial charge in [0.25, 0.3) is 0 Å². The molecule has 0 rings (SSSR count). The third-order valence-electron chi connectivity index (χ3n) is 5.32. The van der Waals surface area contributed by atoms with E-state index < -0.39 is 8.32 Å². The highest BCUT2D eigenvalue weighted by Crippen LogP contribution is 2.36. The Hall–Kier alpha value is 0.0969. The second kappa shape index (κ2) is 10.4. The molecule has 148 valence electrons. The molecule has 0 spiro atoms. The minimum atomic E-state index is -1.64. The summed E-state index contributed by atoms with van der Waals surface area (Å²) in [5.41, 5.74) is 2.76. The van der Waals surface area contributed by atoms with Gasteiger partial charge in [0.05, 0.1) is 12.7 Å². The lowest BCUT2D eigenvalue weighted by Crippen LogP contribution is -2.40. The minimum Gasteiger partial charge on any atom is -0.413 e. The molecule has 0 bridgehead atoms. The van der Waals surface area contributed by atoms with Gasteiger partial charge in [0.15, 0.2) is 8.32 Å². The summed E-state index contributed by atoms with van der Waals surface area (Å²) in [5, 5.41) is 10.3. The second-order valence-electron chi connectivity index (χ2n) is 9.33. The van der Waals surface area contributed by atoms with Crippen molar-refractivity contribution < 1.29 is 9.53 Å². The average molecular weight is 434 g/mol. The van der Waals surface area contributed by atoms with Gasteiger partial charge in [-0.05, 0) is 71.5 Å². The largest absolute Gasteiger partial charge is 0.413 e. The molecule has 2 nitrogen and oxygen atoms in total. The SMILES string of the molecule is CC(=CCO[Si](C)(C)C(C)(C)C)CCC=C(C)CCC(O)C(C)(C)Br. The molecule has 0 radical (unpaired) electrons. The summed E-state index contributed by atoms with van der Waals surface area (Å²) in [6.45, 7) is 20.5. The van der Waals surface area contributed by atoms with Crippen LogP contribution < -0.4 is 0 Å². The van der Waals surface area contributed by atoms with E-state index in [1.54, 1.807) is 0 Å². The van der Waals surface area contributed by atoms with Gasteiger partial charge < -0.3 is 9.53 Å². The molecule has 25 heavy (non-hydrogen) atoms. The predicted molar refractivity (Wildman–Crippen MR) is 118 cm³/mol. The molecule has 0 saturated heterocycles. The first-order valence-corrected chi connectivity index (χ1v) is 13.2. The van der Waals surface area contributed by atoms with Gasteiger partial charge in [0, 0.05) is 4.32 Å². The van der Waals surface area contributed by atoms with Crippen LogP contribution in [0.15, 0.2) is 23.3 Å². The van der Waals surface area contributed by atoms with Gasteiger partial charge in [-0.1, -0.05) is 60.0 Å². The van der Waals surface area contributed by atoms with Gasteiger partial charge >= 0.3 is 0 Å². The van der Waals surface area contributed by atoms with Crippen LogP contribution in [-0.2, 0) is 4.43 Å². The van der Waals surface area contributed by atoms with E-state index >= 15 is 0 Å². The molecule has 0 aromatic carbocycles. The maximum Gasteiger partial charge on any atom is 0.192 e. The van der Waals surface area contributed by atoms with Crippen LogP contribution in [0, 0.1) is 0 Å². The van der Waals surface area contributed by atoms with E-state index in [1.807, 2.05) is 13.8 Å². The molecular weight excluding hydrogens is 392 g/mol. The van der Waals surface area contributed by atoms with Crippen LogP contribution in [0.3, 0.4) is 0 Å². The fourth-order valence-electron chi connectivity index (χ4n) is 2.07. The van der Waals surface area contributed by atoms with Gasteiger partial charge in [0.1, 0.15) is 0 Å². The summed E-state index contributed by atoms with van der Waals surface area (Å²) in [4.78, 5) is 0. The average Bonchev–Trinajstić information content (AvgIpc) is 2.42. The van der Waals surface area contributed by atoms with Crippen molar-refractivity contribution in [3.8, 4) is 0 Å². The van der Waals surface area contributed by atoms with Crippen molar-refractivity contribution in [2.45, 2.75) is 103 Å². The summed E-state index contributed by atoms with van der Waals surface area (Å²) in [7, 11) is -1.64. The molecule has 0 aliphatic carbocycles. The highest BCUT2D eigenvalue weighted by atomic mass is 79.9. The van der Waals surface area contributed by atoms with Crippen molar-refractivity contribution in [3.63, 3.8) is 0 Å². The summed E-state index contributed by atoms with van der Waals surface area (Å²) in [6.07, 6.45) is 8.11. The first-order chi connectivity index (χ1) is 11.2. The second-order valence-corrected chi connectivity index (χ2v) is 16.2. The quantitative estimate of drug-likeness (QED) is 0.228. The molecule has 0 aromatic rings. The monoisotopic (exact) mass is 432 g/mol. The minimum absolute atomic E-state index is 0.212. The fraction of sp³-hybridized carbons (Fsp3) is 0.810. The van der Waals surface area contributed by atoms with E-state index in [2.05, 4.69) is 75.8 Å². The zero-order chi connectivity index (χ0) is 19.9. The van der Waals surface area contributed by atoms with E-state index in [9.17, 15) is 5.11 Å². The zero-order valence-corrected chi connectivity index (χ0v) is 20.6. The molecule has 0 aliphatic rings. The van der Waals surface area contributed by atoms with E-state index in [4.69, 9.17) is 4.43 Å². The maximum atomic E-state index is 10.1. The molecule has 4 heteroatoms. The lowest BCUT2D eigenvalue weighted by atomic mass is 9.99. The van der Waals surface area contributed by atoms with Crippen molar-refractivity contribution in [1.29, 1.82) is 0 Å². The predicted octanol–water partition coefficient (Wildman–Crippen LogP) is 7.00. The summed E-state index contributed by atoms with van der Waals surface area (Å²) in [5.74, 6) is 0. The molecule has 0 saturated carbocycles. The summed E-state index contributed by atoms with van der Waals surface area (Å²) < 4.78 is 5.99. The van der Waals surface area contributed by atoms with Crippen molar-refractivity contribution in [1.82, 2.24) is 0 Å². The fourth-order valence-corrected chi connectivity index (χ4v) is 3.23. The van der Waals surface area contributed by atoms with Crippen molar-refractivity contribution in [2.24, 2.45) is 0 Å². The number of allylic oxidation sites excluding steroid dienone is 3. The molecule has 0 aliphatic heterocycles. The van der Waals surface area contributed by atoms with Crippen LogP contribution in [0.1, 0.15) is 74.1 Å². The molecule has 1 atom stereocenters. The van der Waals surface area contributed by atoms with Crippen molar-refractivity contribution in [2.75, 3.05) is 6.61 Å². The van der Waals surface area contributed by atoms with Crippen LogP contribution in [-0.4, -0.2) is 30.5 Å². The Kier molecular flexibility index (Phi) is 10.5. The van der Waals surface area contributed by atoms with Gasteiger partial charge in [-0.15, -0.1) is 0 Å². The van der Waals surface area contributed by atoms with Crippen LogP contribution in [0.5, 0.6) is 0 Å². The normalized spacial score (nSPS) is 16.3. The smallest absolute Gasteiger partial charge is 0.192 e. The standard InChI is InChI=1S/C21H41BrO2Si/c1-17(13-14-19(23)21(6,7)22)11-10-12-18(2)15-16-24-25(8,9)20(3,4)5/h11,15,19,23H,10,12-14,16H2,1-9H3. The first-order valence-electron chi connectivity index (χ1n) is 9.49. The number of halogens is 1. The zero-order valence-electron chi connectivity index (χ0n) is 18.0. The number of aliphatic hydroxyl groups excluding tert-OH is 1. The van der Waals surface area contributed by atoms with Crippen LogP contribution in [0.4, 0.5) is 0 Å². The molecular formula is C21H41BrO2Si. The molecule has 0 fully saturated rings.